The van der Waals surface area contributed by atoms with Crippen LogP contribution >= 0.6 is 0 Å². The van der Waals surface area contributed by atoms with Crippen molar-refractivity contribution in [3.05, 3.63) is 42.1 Å². The highest BCUT2D eigenvalue weighted by atomic mass is 16.5. The summed E-state index contributed by atoms with van der Waals surface area (Å²) in [5.74, 6) is -0.444. The maximum Gasteiger partial charge on any atom is 0.219 e. The molecule has 1 atom stereocenters. The van der Waals surface area contributed by atoms with Crippen LogP contribution in [-0.2, 0) is 14.3 Å². The van der Waals surface area contributed by atoms with E-state index in [0.29, 0.717) is 13.0 Å². The number of hydrogen-bond acceptors (Lipinski definition) is 4. The van der Waals surface area contributed by atoms with Gasteiger partial charge in [-0.15, -0.1) is 0 Å². The first-order valence-corrected chi connectivity index (χ1v) is 5.37. The smallest absolute Gasteiger partial charge is 0.219 e. The van der Waals surface area contributed by atoms with Crippen molar-refractivity contribution in [2.75, 3.05) is 13.3 Å². The van der Waals surface area contributed by atoms with Crippen LogP contribution < -0.4 is 0 Å². The zero-order valence-corrected chi connectivity index (χ0v) is 9.28. The number of nitrogens with zero attached hydrogens (tertiary/aromatic N) is 1. The summed E-state index contributed by atoms with van der Waals surface area (Å²) in [5, 5.41) is 0. The highest BCUT2D eigenvalue weighted by molar-refractivity contribution is 6.27. The Morgan fingerprint density at radius 3 is 2.82 bits per heavy atom. The van der Waals surface area contributed by atoms with Crippen LogP contribution in [0.2, 0.25) is 0 Å². The molecule has 0 saturated carbocycles. The molecule has 1 saturated heterocycles. The first kappa shape index (κ1) is 11.5. The standard InChI is InChI=1S/C13H13NO3/c15-8-13(16)12-9-17-10-14(12)7-6-11-4-2-1-3-5-11/h1-8,12H,9-10H2. The van der Waals surface area contributed by atoms with E-state index in [4.69, 9.17) is 4.74 Å². The number of ketones is 1. The zero-order valence-electron chi connectivity index (χ0n) is 9.28. The summed E-state index contributed by atoms with van der Waals surface area (Å²) >= 11 is 0. The van der Waals surface area contributed by atoms with Crippen molar-refractivity contribution in [1.29, 1.82) is 0 Å². The molecule has 0 amide bonds. The molecule has 1 aromatic rings. The quantitative estimate of drug-likeness (QED) is 0.574. The molecular formula is C13H13NO3. The SMILES string of the molecule is O=CC(=O)C1COCN1C=Cc1ccccc1. The minimum Gasteiger partial charge on any atom is -0.358 e. The normalized spacial score (nSPS) is 19.8. The second-order valence-electron chi connectivity index (χ2n) is 3.78. The van der Waals surface area contributed by atoms with Crippen LogP contribution in [0.4, 0.5) is 0 Å². The summed E-state index contributed by atoms with van der Waals surface area (Å²) in [6.07, 6.45) is 4.02. The van der Waals surface area contributed by atoms with Crippen LogP contribution in [0.3, 0.4) is 0 Å². The van der Waals surface area contributed by atoms with E-state index in [1.807, 2.05) is 36.4 Å². The highest BCUT2D eigenvalue weighted by Crippen LogP contribution is 2.12. The molecule has 1 heterocycles. The van der Waals surface area contributed by atoms with Crippen molar-refractivity contribution in [2.45, 2.75) is 6.04 Å². The van der Waals surface area contributed by atoms with Crippen molar-refractivity contribution in [1.82, 2.24) is 4.90 Å². The van der Waals surface area contributed by atoms with Gasteiger partial charge >= 0.3 is 0 Å². The lowest BCUT2D eigenvalue weighted by atomic mass is 10.2. The Balaban J connectivity index is 2.05. The molecule has 1 unspecified atom stereocenters. The lowest BCUT2D eigenvalue weighted by Gasteiger charge is -2.16. The molecule has 1 aromatic carbocycles. The third kappa shape index (κ3) is 2.79. The number of benzene rings is 1. The average molecular weight is 231 g/mol. The Morgan fingerprint density at radius 2 is 2.12 bits per heavy atom. The molecular weight excluding hydrogens is 218 g/mol. The second-order valence-corrected chi connectivity index (χ2v) is 3.78. The van der Waals surface area contributed by atoms with Gasteiger partial charge in [0.25, 0.3) is 0 Å². The van der Waals surface area contributed by atoms with Gasteiger partial charge in [-0.1, -0.05) is 30.3 Å². The summed E-state index contributed by atoms with van der Waals surface area (Å²) < 4.78 is 5.18. The van der Waals surface area contributed by atoms with Gasteiger partial charge in [0, 0.05) is 6.20 Å². The number of Topliss-reactive ketones (excluding diaryl/α,β-unsaturated/α-hetero) is 1. The van der Waals surface area contributed by atoms with E-state index in [9.17, 15) is 9.59 Å². The molecule has 1 aliphatic heterocycles. The minimum atomic E-state index is -0.479. The molecule has 0 radical (unpaired) electrons. The van der Waals surface area contributed by atoms with Crippen molar-refractivity contribution in [3.63, 3.8) is 0 Å². The number of carbonyl (C=O) groups is 2. The molecule has 0 aliphatic carbocycles. The van der Waals surface area contributed by atoms with E-state index in [-0.39, 0.29) is 6.61 Å². The fourth-order valence-electron chi connectivity index (χ4n) is 1.67. The van der Waals surface area contributed by atoms with Gasteiger partial charge in [0.15, 0.2) is 6.29 Å². The molecule has 1 aliphatic rings. The van der Waals surface area contributed by atoms with Crippen LogP contribution in [0.1, 0.15) is 5.56 Å². The van der Waals surface area contributed by atoms with E-state index >= 15 is 0 Å². The number of rotatable bonds is 4. The summed E-state index contributed by atoms with van der Waals surface area (Å²) in [6, 6.07) is 9.26. The Hall–Kier alpha value is -1.94. The van der Waals surface area contributed by atoms with Crippen molar-refractivity contribution < 1.29 is 14.3 Å². The fraction of sp³-hybridized carbons (Fsp3) is 0.231. The van der Waals surface area contributed by atoms with Gasteiger partial charge < -0.3 is 9.64 Å². The van der Waals surface area contributed by atoms with Crippen LogP contribution in [-0.4, -0.2) is 36.3 Å². The van der Waals surface area contributed by atoms with Gasteiger partial charge in [-0.25, -0.2) is 0 Å². The predicted octanol–water partition coefficient (Wildman–Crippen LogP) is 1.08. The number of ether oxygens (including phenoxy) is 1. The van der Waals surface area contributed by atoms with Gasteiger partial charge in [-0.3, -0.25) is 9.59 Å². The maximum absolute atomic E-state index is 11.3. The van der Waals surface area contributed by atoms with Crippen LogP contribution in [0.25, 0.3) is 6.08 Å². The average Bonchev–Trinajstić information content (AvgIpc) is 2.85. The second kappa shape index (κ2) is 5.41. The van der Waals surface area contributed by atoms with Crippen LogP contribution in [0.5, 0.6) is 0 Å². The van der Waals surface area contributed by atoms with E-state index in [0.717, 1.165) is 5.56 Å². The summed E-state index contributed by atoms with van der Waals surface area (Å²) in [6.45, 7) is 0.615. The summed E-state index contributed by atoms with van der Waals surface area (Å²) in [5.41, 5.74) is 1.04. The fourth-order valence-corrected chi connectivity index (χ4v) is 1.67. The number of carbonyl (C=O) groups excluding carboxylic acids is 2. The molecule has 88 valence electrons. The van der Waals surface area contributed by atoms with E-state index < -0.39 is 11.8 Å². The third-order valence-electron chi connectivity index (χ3n) is 2.62. The number of hydrogen-bond donors (Lipinski definition) is 0. The number of aldehydes is 1. The van der Waals surface area contributed by atoms with Gasteiger partial charge in [0.2, 0.25) is 5.78 Å². The molecule has 0 N–H and O–H groups in total. The monoisotopic (exact) mass is 231 g/mol. The Kier molecular flexibility index (Phi) is 3.67. The lowest BCUT2D eigenvalue weighted by Crippen LogP contribution is -2.34. The molecule has 0 spiro atoms. The molecule has 0 aromatic heterocycles. The van der Waals surface area contributed by atoms with Gasteiger partial charge in [-0.2, -0.15) is 0 Å². The molecule has 4 heteroatoms. The van der Waals surface area contributed by atoms with E-state index in [2.05, 4.69) is 0 Å². The Bertz CT molecular complexity index is 428. The van der Waals surface area contributed by atoms with E-state index in [1.165, 1.54) is 0 Å². The minimum absolute atomic E-state index is 0.275. The first-order valence-electron chi connectivity index (χ1n) is 5.37. The van der Waals surface area contributed by atoms with Crippen molar-refractivity contribution in [3.8, 4) is 0 Å². The largest absolute Gasteiger partial charge is 0.358 e. The van der Waals surface area contributed by atoms with Crippen molar-refractivity contribution >= 4 is 18.1 Å². The lowest BCUT2D eigenvalue weighted by molar-refractivity contribution is -0.132. The zero-order chi connectivity index (χ0) is 12.1. The summed E-state index contributed by atoms with van der Waals surface area (Å²) in [4.78, 5) is 23.5. The molecule has 17 heavy (non-hydrogen) atoms. The van der Waals surface area contributed by atoms with Crippen LogP contribution in [0.15, 0.2) is 36.5 Å². The molecule has 1 fully saturated rings. The van der Waals surface area contributed by atoms with Gasteiger partial charge in [0.1, 0.15) is 12.8 Å². The topological polar surface area (TPSA) is 46.6 Å². The predicted molar refractivity (Wildman–Crippen MR) is 63.0 cm³/mol. The third-order valence-corrected chi connectivity index (χ3v) is 2.62. The highest BCUT2D eigenvalue weighted by Gasteiger charge is 2.28. The summed E-state index contributed by atoms with van der Waals surface area (Å²) in [7, 11) is 0. The Labute approximate surface area is 99.5 Å². The van der Waals surface area contributed by atoms with Crippen LogP contribution in [0, 0.1) is 0 Å². The molecule has 0 bridgehead atoms. The molecule has 4 nitrogen and oxygen atoms in total. The van der Waals surface area contributed by atoms with Crippen molar-refractivity contribution in [2.24, 2.45) is 0 Å². The Morgan fingerprint density at radius 1 is 1.35 bits per heavy atom. The maximum atomic E-state index is 11.3. The van der Waals surface area contributed by atoms with Gasteiger partial charge in [-0.05, 0) is 11.6 Å². The first-order chi connectivity index (χ1) is 8.31. The van der Waals surface area contributed by atoms with E-state index in [1.54, 1.807) is 11.1 Å². The molecule has 2 rings (SSSR count). The van der Waals surface area contributed by atoms with Gasteiger partial charge in [0.05, 0.1) is 6.61 Å².